The predicted octanol–water partition coefficient (Wildman–Crippen LogP) is 2.37. The fourth-order valence-electron chi connectivity index (χ4n) is 1.62. The van der Waals surface area contributed by atoms with Gasteiger partial charge in [-0.2, -0.15) is 0 Å². The van der Waals surface area contributed by atoms with Crippen molar-refractivity contribution in [3.63, 3.8) is 0 Å². The largest absolute Gasteiger partial charge is 0.481 e. The van der Waals surface area contributed by atoms with Gasteiger partial charge in [0.1, 0.15) is 5.82 Å². The monoisotopic (exact) mass is 254 g/mol. The van der Waals surface area contributed by atoms with Crippen LogP contribution in [0.15, 0.2) is 23.4 Å². The fraction of sp³-hybridized carbons (Fsp3) is 0.273. The molecule has 17 heavy (non-hydrogen) atoms. The van der Waals surface area contributed by atoms with E-state index in [2.05, 4.69) is 4.98 Å². The summed E-state index contributed by atoms with van der Waals surface area (Å²) in [5.74, 6) is -1.26. The van der Waals surface area contributed by atoms with Crippen molar-refractivity contribution in [2.45, 2.75) is 18.6 Å². The van der Waals surface area contributed by atoms with Crippen molar-refractivity contribution in [2.24, 2.45) is 0 Å². The molecule has 1 aromatic heterocycles. The minimum Gasteiger partial charge on any atom is -0.481 e. The molecule has 0 aliphatic heterocycles. The van der Waals surface area contributed by atoms with Crippen molar-refractivity contribution in [3.8, 4) is 0 Å². The van der Waals surface area contributed by atoms with Gasteiger partial charge in [0, 0.05) is 6.54 Å². The number of hydrogen-bond donors (Lipinski definition) is 1. The molecule has 0 unspecified atom stereocenters. The molecule has 0 radical (unpaired) electrons. The molecule has 0 aliphatic carbocycles. The molecule has 0 saturated carbocycles. The van der Waals surface area contributed by atoms with Gasteiger partial charge in [0.25, 0.3) is 0 Å². The quantitative estimate of drug-likeness (QED) is 0.851. The van der Waals surface area contributed by atoms with E-state index in [1.807, 2.05) is 11.5 Å². The van der Waals surface area contributed by atoms with E-state index in [0.29, 0.717) is 22.7 Å². The summed E-state index contributed by atoms with van der Waals surface area (Å²) in [6, 6.07) is 4.36. The molecule has 0 spiro atoms. The Morgan fingerprint density at radius 2 is 2.35 bits per heavy atom. The fourth-order valence-corrected chi connectivity index (χ4v) is 2.41. The number of aryl methyl sites for hydroxylation is 1. The number of benzene rings is 1. The van der Waals surface area contributed by atoms with Crippen LogP contribution in [0.2, 0.25) is 0 Å². The van der Waals surface area contributed by atoms with Gasteiger partial charge < -0.3 is 9.67 Å². The standard InChI is InChI=1S/C11H11FN2O2S/c1-2-14-9-5-7(12)3-4-8(9)13-11(14)17-6-10(15)16/h3-5H,2,6H2,1H3,(H,15,16). The Labute approximate surface area is 101 Å². The third kappa shape index (κ3) is 2.41. The van der Waals surface area contributed by atoms with Crippen LogP contribution in [0.25, 0.3) is 11.0 Å². The molecule has 2 aromatic rings. The maximum Gasteiger partial charge on any atom is 0.313 e. The Morgan fingerprint density at radius 3 is 3.00 bits per heavy atom. The first-order chi connectivity index (χ1) is 8.11. The van der Waals surface area contributed by atoms with Crippen LogP contribution in [0.3, 0.4) is 0 Å². The number of aromatic nitrogens is 2. The summed E-state index contributed by atoms with van der Waals surface area (Å²) in [4.78, 5) is 14.8. The number of halogens is 1. The van der Waals surface area contributed by atoms with E-state index in [1.165, 1.54) is 12.1 Å². The summed E-state index contributed by atoms with van der Waals surface area (Å²) in [6.45, 7) is 2.54. The van der Waals surface area contributed by atoms with Gasteiger partial charge in [0.05, 0.1) is 16.8 Å². The molecule has 0 aliphatic rings. The third-order valence-corrected chi connectivity index (χ3v) is 3.28. The van der Waals surface area contributed by atoms with Crippen LogP contribution in [0.5, 0.6) is 0 Å². The number of fused-ring (bicyclic) bond motifs is 1. The molecule has 0 fully saturated rings. The van der Waals surface area contributed by atoms with Gasteiger partial charge in [0.15, 0.2) is 5.16 Å². The van der Waals surface area contributed by atoms with Crippen LogP contribution in [-0.2, 0) is 11.3 Å². The summed E-state index contributed by atoms with van der Waals surface area (Å²) >= 11 is 1.14. The maximum absolute atomic E-state index is 13.1. The number of rotatable bonds is 4. The van der Waals surface area contributed by atoms with Crippen LogP contribution < -0.4 is 0 Å². The first-order valence-electron chi connectivity index (χ1n) is 5.12. The van der Waals surface area contributed by atoms with Crippen LogP contribution >= 0.6 is 11.8 Å². The number of hydrogen-bond acceptors (Lipinski definition) is 3. The number of thioether (sulfide) groups is 1. The highest BCUT2D eigenvalue weighted by Gasteiger charge is 2.11. The van der Waals surface area contributed by atoms with E-state index in [4.69, 9.17) is 5.11 Å². The first kappa shape index (κ1) is 11.9. The summed E-state index contributed by atoms with van der Waals surface area (Å²) in [7, 11) is 0. The van der Waals surface area contributed by atoms with Gasteiger partial charge in [-0.05, 0) is 25.1 Å². The van der Waals surface area contributed by atoms with Crippen molar-refractivity contribution in [1.82, 2.24) is 9.55 Å². The van der Waals surface area contributed by atoms with Gasteiger partial charge in [0.2, 0.25) is 0 Å². The van der Waals surface area contributed by atoms with Crippen molar-refractivity contribution >= 4 is 28.8 Å². The molecule has 90 valence electrons. The lowest BCUT2D eigenvalue weighted by atomic mass is 10.3. The van der Waals surface area contributed by atoms with Gasteiger partial charge in [-0.3, -0.25) is 4.79 Å². The van der Waals surface area contributed by atoms with Gasteiger partial charge in [-0.15, -0.1) is 0 Å². The third-order valence-electron chi connectivity index (χ3n) is 2.32. The molecular formula is C11H11FN2O2S. The lowest BCUT2D eigenvalue weighted by molar-refractivity contribution is -0.133. The summed E-state index contributed by atoms with van der Waals surface area (Å²) in [6.07, 6.45) is 0. The van der Waals surface area contributed by atoms with Crippen LogP contribution in [-0.4, -0.2) is 26.4 Å². The van der Waals surface area contributed by atoms with E-state index in [9.17, 15) is 9.18 Å². The Kier molecular flexibility index (Phi) is 3.33. The Bertz CT molecular complexity index is 568. The van der Waals surface area contributed by atoms with Gasteiger partial charge in [-0.1, -0.05) is 11.8 Å². The zero-order valence-corrected chi connectivity index (χ0v) is 10.00. The average Bonchev–Trinajstić information content (AvgIpc) is 2.63. The number of carboxylic acids is 1. The molecule has 0 saturated heterocycles. The normalized spacial score (nSPS) is 10.9. The molecular weight excluding hydrogens is 243 g/mol. The Balaban J connectivity index is 2.45. The van der Waals surface area contributed by atoms with Crippen LogP contribution in [0.4, 0.5) is 4.39 Å². The highest BCUT2D eigenvalue weighted by atomic mass is 32.2. The number of nitrogens with zero attached hydrogens (tertiary/aromatic N) is 2. The van der Waals surface area contributed by atoms with Crippen molar-refractivity contribution in [2.75, 3.05) is 5.75 Å². The van der Waals surface area contributed by atoms with E-state index in [1.54, 1.807) is 6.07 Å². The SMILES string of the molecule is CCn1c(SCC(=O)O)nc2ccc(F)cc21. The second kappa shape index (κ2) is 4.75. The summed E-state index contributed by atoms with van der Waals surface area (Å²) in [5, 5.41) is 9.25. The lowest BCUT2D eigenvalue weighted by Gasteiger charge is -2.03. The summed E-state index contributed by atoms with van der Waals surface area (Å²) in [5.41, 5.74) is 1.38. The molecule has 0 atom stereocenters. The van der Waals surface area contributed by atoms with Crippen LogP contribution in [0.1, 0.15) is 6.92 Å². The highest BCUT2D eigenvalue weighted by molar-refractivity contribution is 7.99. The molecule has 4 nitrogen and oxygen atoms in total. The van der Waals surface area contributed by atoms with E-state index < -0.39 is 5.97 Å². The number of carbonyl (C=O) groups is 1. The zero-order chi connectivity index (χ0) is 12.4. The molecule has 1 N–H and O–H groups in total. The zero-order valence-electron chi connectivity index (χ0n) is 9.18. The second-order valence-corrected chi connectivity index (χ2v) is 4.40. The van der Waals surface area contributed by atoms with Crippen molar-refractivity contribution in [3.05, 3.63) is 24.0 Å². The van der Waals surface area contributed by atoms with Crippen LogP contribution in [0, 0.1) is 5.82 Å². The number of carboxylic acid groups (broad SMARTS) is 1. The smallest absolute Gasteiger partial charge is 0.313 e. The van der Waals surface area contributed by atoms with Gasteiger partial charge in [-0.25, -0.2) is 9.37 Å². The maximum atomic E-state index is 13.1. The lowest BCUT2D eigenvalue weighted by Crippen LogP contribution is -2.02. The molecule has 1 aromatic carbocycles. The molecule has 6 heteroatoms. The van der Waals surface area contributed by atoms with E-state index >= 15 is 0 Å². The Morgan fingerprint density at radius 1 is 1.59 bits per heavy atom. The molecule has 2 rings (SSSR count). The van der Waals surface area contributed by atoms with E-state index in [-0.39, 0.29) is 11.6 Å². The molecule has 1 heterocycles. The average molecular weight is 254 g/mol. The minimum absolute atomic E-state index is 0.0498. The Hall–Kier alpha value is -1.56. The predicted molar refractivity (Wildman–Crippen MR) is 63.7 cm³/mol. The summed E-state index contributed by atoms with van der Waals surface area (Å²) < 4.78 is 14.9. The minimum atomic E-state index is -0.893. The molecule has 0 amide bonds. The van der Waals surface area contributed by atoms with Gasteiger partial charge >= 0.3 is 5.97 Å². The molecule has 0 bridgehead atoms. The van der Waals surface area contributed by atoms with Crippen molar-refractivity contribution < 1.29 is 14.3 Å². The highest BCUT2D eigenvalue weighted by Crippen LogP contribution is 2.24. The second-order valence-electron chi connectivity index (χ2n) is 3.45. The van der Waals surface area contributed by atoms with E-state index in [0.717, 1.165) is 11.8 Å². The topological polar surface area (TPSA) is 55.1 Å². The number of aliphatic carboxylic acids is 1. The number of imidazole rings is 1. The first-order valence-corrected chi connectivity index (χ1v) is 6.10. The van der Waals surface area contributed by atoms with Crippen molar-refractivity contribution in [1.29, 1.82) is 0 Å².